The molecule has 0 spiro atoms. The molecule has 0 amide bonds. The molecule has 0 radical (unpaired) electrons. The first-order valence-electron chi connectivity index (χ1n) is 7.58. The van der Waals surface area contributed by atoms with Crippen LogP contribution in [0.4, 0.5) is 0 Å². The summed E-state index contributed by atoms with van der Waals surface area (Å²) in [5, 5.41) is 0. The van der Waals surface area contributed by atoms with Crippen molar-refractivity contribution in [2.75, 3.05) is 0 Å². The second-order valence-electron chi connectivity index (χ2n) is 5.44. The van der Waals surface area contributed by atoms with Crippen molar-refractivity contribution in [3.05, 3.63) is 89.5 Å². The SMILES string of the molecule is Cc1ccc([S-])cc1.Cc1ccc([S-])cc1.Cc1ccc([S-])cc1.[In+3]. The van der Waals surface area contributed by atoms with Crippen LogP contribution < -0.4 is 0 Å². The Labute approximate surface area is 187 Å². The van der Waals surface area contributed by atoms with Crippen LogP contribution in [-0.2, 0) is 37.9 Å². The van der Waals surface area contributed by atoms with Gasteiger partial charge in [0.15, 0.2) is 0 Å². The van der Waals surface area contributed by atoms with Crippen LogP contribution in [0.2, 0.25) is 0 Å². The van der Waals surface area contributed by atoms with Gasteiger partial charge in [0.25, 0.3) is 0 Å². The van der Waals surface area contributed by atoms with Crippen LogP contribution in [0.1, 0.15) is 16.7 Å². The molecule has 0 unspecified atom stereocenters. The van der Waals surface area contributed by atoms with Gasteiger partial charge in [-0.25, -0.2) is 0 Å². The monoisotopic (exact) mass is 484 g/mol. The van der Waals surface area contributed by atoms with Crippen molar-refractivity contribution in [2.24, 2.45) is 0 Å². The smallest absolute Gasteiger partial charge is 0.780 e. The second-order valence-corrected chi connectivity index (χ2v) is 6.85. The van der Waals surface area contributed by atoms with Crippen molar-refractivity contribution in [3.8, 4) is 0 Å². The first-order chi connectivity index (χ1) is 11.4. The molecule has 0 bridgehead atoms. The Morgan fingerprint density at radius 1 is 0.400 bits per heavy atom. The van der Waals surface area contributed by atoms with Crippen LogP contribution in [0.3, 0.4) is 0 Å². The molecule has 3 aromatic rings. The molecule has 0 nitrogen and oxygen atoms in total. The molecule has 0 saturated heterocycles. The standard InChI is InChI=1S/3C7H8S.In/c3*1-6-2-4-7(8)5-3-6;/h3*2-5,8H,1H3;/q;;;+3/p-3. The van der Waals surface area contributed by atoms with Crippen LogP contribution in [0, 0.1) is 20.8 Å². The summed E-state index contributed by atoms with van der Waals surface area (Å²) >= 11 is 14.6. The second kappa shape index (κ2) is 13.4. The van der Waals surface area contributed by atoms with E-state index in [1.54, 1.807) is 0 Å². The minimum atomic E-state index is 0. The molecule has 0 fully saturated rings. The Hall–Kier alpha value is -0.810. The quantitative estimate of drug-likeness (QED) is 0.397. The van der Waals surface area contributed by atoms with Crippen molar-refractivity contribution in [1.82, 2.24) is 0 Å². The topological polar surface area (TPSA) is 0 Å². The third kappa shape index (κ3) is 12.2. The molecule has 4 heteroatoms. The first kappa shape index (κ1) is 24.2. The predicted molar refractivity (Wildman–Crippen MR) is 116 cm³/mol. The molecule has 126 valence electrons. The summed E-state index contributed by atoms with van der Waals surface area (Å²) in [7, 11) is 0. The van der Waals surface area contributed by atoms with Gasteiger partial charge in [-0.1, -0.05) is 89.5 Å². The van der Waals surface area contributed by atoms with E-state index in [1.165, 1.54) is 16.7 Å². The van der Waals surface area contributed by atoms with E-state index >= 15 is 0 Å². The van der Waals surface area contributed by atoms with E-state index in [1.807, 2.05) is 72.8 Å². The molecule has 0 N–H and O–H groups in total. The van der Waals surface area contributed by atoms with E-state index < -0.39 is 0 Å². The summed E-state index contributed by atoms with van der Waals surface area (Å²) < 4.78 is 0. The number of hydrogen-bond donors (Lipinski definition) is 0. The van der Waals surface area contributed by atoms with Gasteiger partial charge in [-0.2, -0.15) is 14.7 Å². The van der Waals surface area contributed by atoms with E-state index in [4.69, 9.17) is 37.9 Å². The zero-order valence-electron chi connectivity index (χ0n) is 14.7. The average molecular weight is 484 g/mol. The van der Waals surface area contributed by atoms with E-state index in [9.17, 15) is 0 Å². The van der Waals surface area contributed by atoms with Gasteiger partial charge in [0.05, 0.1) is 0 Å². The molecule has 0 aliphatic rings. The Morgan fingerprint density at radius 2 is 0.560 bits per heavy atom. The molecule has 0 aliphatic heterocycles. The van der Waals surface area contributed by atoms with Crippen molar-refractivity contribution in [1.29, 1.82) is 0 Å². The third-order valence-electron chi connectivity index (χ3n) is 3.06. The molecule has 25 heavy (non-hydrogen) atoms. The number of rotatable bonds is 0. The summed E-state index contributed by atoms with van der Waals surface area (Å²) in [5.41, 5.74) is 3.79. The summed E-state index contributed by atoms with van der Waals surface area (Å²) in [6.07, 6.45) is 0. The van der Waals surface area contributed by atoms with E-state index in [-0.39, 0.29) is 25.8 Å². The van der Waals surface area contributed by atoms with Gasteiger partial charge >= 0.3 is 25.8 Å². The molecule has 0 aromatic heterocycles. The van der Waals surface area contributed by atoms with Crippen molar-refractivity contribution in [2.45, 2.75) is 35.5 Å². The van der Waals surface area contributed by atoms with E-state index in [0.29, 0.717) is 0 Å². The number of benzene rings is 3. The molecular formula is C21H21InS3. The van der Waals surface area contributed by atoms with E-state index in [2.05, 4.69) is 20.8 Å². The summed E-state index contributed by atoms with van der Waals surface area (Å²) in [5.74, 6) is 0. The van der Waals surface area contributed by atoms with Crippen LogP contribution in [0.25, 0.3) is 0 Å². The normalized spacial score (nSPS) is 8.76. The Kier molecular flexibility index (Phi) is 13.0. The maximum atomic E-state index is 4.87. The molecule has 0 aliphatic carbocycles. The van der Waals surface area contributed by atoms with Gasteiger partial charge < -0.3 is 37.9 Å². The van der Waals surface area contributed by atoms with Gasteiger partial charge in [-0.15, -0.1) is 0 Å². The van der Waals surface area contributed by atoms with Gasteiger partial charge in [-0.3, -0.25) is 0 Å². The molecule has 0 saturated carbocycles. The number of aryl methyl sites for hydroxylation is 3. The largest absolute Gasteiger partial charge is 3.00 e. The van der Waals surface area contributed by atoms with Crippen LogP contribution >= 0.6 is 0 Å². The van der Waals surface area contributed by atoms with Crippen LogP contribution in [-0.4, -0.2) is 25.8 Å². The third-order valence-corrected chi connectivity index (χ3v) is 3.88. The maximum Gasteiger partial charge on any atom is 3.00 e. The molecule has 3 aromatic carbocycles. The zero-order chi connectivity index (χ0) is 17.9. The zero-order valence-corrected chi connectivity index (χ0v) is 20.5. The molecular weight excluding hydrogens is 463 g/mol. The summed E-state index contributed by atoms with van der Waals surface area (Å²) in [4.78, 5) is 2.74. The van der Waals surface area contributed by atoms with Crippen molar-refractivity contribution >= 4 is 63.7 Å². The molecule has 3 rings (SSSR count). The Bertz CT molecular complexity index is 539. The number of hydrogen-bond acceptors (Lipinski definition) is 3. The summed E-state index contributed by atoms with van der Waals surface area (Å²) in [6.45, 7) is 6.15. The van der Waals surface area contributed by atoms with Crippen LogP contribution in [0.15, 0.2) is 87.5 Å². The van der Waals surface area contributed by atoms with Crippen LogP contribution in [0.5, 0.6) is 0 Å². The Morgan fingerprint density at radius 3 is 0.680 bits per heavy atom. The van der Waals surface area contributed by atoms with Crippen molar-refractivity contribution in [3.63, 3.8) is 0 Å². The van der Waals surface area contributed by atoms with Gasteiger partial charge in [0, 0.05) is 0 Å². The summed E-state index contributed by atoms with van der Waals surface area (Å²) in [6, 6.07) is 23.7. The van der Waals surface area contributed by atoms with E-state index in [0.717, 1.165) is 14.7 Å². The Balaban J connectivity index is 0.000000339. The molecule has 0 heterocycles. The van der Waals surface area contributed by atoms with Gasteiger partial charge in [0.1, 0.15) is 0 Å². The average Bonchev–Trinajstić information content (AvgIpc) is 2.57. The fraction of sp³-hybridized carbons (Fsp3) is 0.143. The fourth-order valence-corrected chi connectivity index (χ4v) is 2.02. The maximum absolute atomic E-state index is 4.87. The minimum Gasteiger partial charge on any atom is -0.780 e. The fourth-order valence-electron chi connectivity index (χ4n) is 1.61. The molecule has 0 atom stereocenters. The predicted octanol–water partition coefficient (Wildman–Crippen LogP) is 5.32. The van der Waals surface area contributed by atoms with Gasteiger partial charge in [-0.05, 0) is 20.8 Å². The van der Waals surface area contributed by atoms with Crippen molar-refractivity contribution < 1.29 is 0 Å². The van der Waals surface area contributed by atoms with Gasteiger partial charge in [0.2, 0.25) is 0 Å². The minimum absolute atomic E-state index is 0. The first-order valence-corrected chi connectivity index (χ1v) is 8.80.